The first-order chi connectivity index (χ1) is 9.04. The van der Waals surface area contributed by atoms with Crippen LogP contribution in [0.4, 0.5) is 5.69 Å². The van der Waals surface area contributed by atoms with Gasteiger partial charge in [0, 0.05) is 18.8 Å². The largest absolute Gasteiger partial charge is 0.389 e. The Bertz CT molecular complexity index is 603. The van der Waals surface area contributed by atoms with Gasteiger partial charge in [-0.25, -0.2) is 0 Å². The zero-order valence-corrected chi connectivity index (χ0v) is 11.3. The normalized spacial score (nSPS) is 10.2. The molecule has 1 aromatic carbocycles. The quantitative estimate of drug-likeness (QED) is 0.823. The van der Waals surface area contributed by atoms with Crippen LogP contribution in [0, 0.1) is 0 Å². The first kappa shape index (κ1) is 13.2. The summed E-state index contributed by atoms with van der Waals surface area (Å²) in [5.74, 6) is -0.0870. The summed E-state index contributed by atoms with van der Waals surface area (Å²) in [6.45, 7) is 0. The number of amides is 1. The maximum absolute atomic E-state index is 11.8. The second kappa shape index (κ2) is 5.62. The highest BCUT2D eigenvalue weighted by Crippen LogP contribution is 2.08. The standard InChI is InChI=1S/C13H14N4OS/c1-17-8-11(7-15-17)16-12(18)6-9-2-4-10(5-3-9)13(14)19/h2-5,7-8H,6H2,1H3,(H2,14,19)(H,16,18). The molecule has 0 bridgehead atoms. The highest BCUT2D eigenvalue weighted by atomic mass is 32.1. The number of hydrogen-bond acceptors (Lipinski definition) is 3. The summed E-state index contributed by atoms with van der Waals surface area (Å²) in [5.41, 5.74) is 7.90. The molecule has 1 amide bonds. The monoisotopic (exact) mass is 274 g/mol. The third kappa shape index (κ3) is 3.62. The van der Waals surface area contributed by atoms with Crippen LogP contribution >= 0.6 is 12.2 Å². The highest BCUT2D eigenvalue weighted by molar-refractivity contribution is 7.80. The van der Waals surface area contributed by atoms with Crippen molar-refractivity contribution < 1.29 is 4.79 Å². The Balaban J connectivity index is 1.97. The van der Waals surface area contributed by atoms with E-state index in [2.05, 4.69) is 10.4 Å². The summed E-state index contributed by atoms with van der Waals surface area (Å²) in [5, 5.41) is 6.76. The van der Waals surface area contributed by atoms with Gasteiger partial charge in [-0.2, -0.15) is 5.10 Å². The molecule has 0 aliphatic rings. The molecule has 0 saturated carbocycles. The molecule has 3 N–H and O–H groups in total. The second-order valence-electron chi connectivity index (χ2n) is 4.19. The van der Waals surface area contributed by atoms with Crippen LogP contribution in [-0.4, -0.2) is 20.7 Å². The van der Waals surface area contributed by atoms with Crippen LogP contribution in [-0.2, 0) is 18.3 Å². The van der Waals surface area contributed by atoms with Crippen molar-refractivity contribution in [3.05, 3.63) is 47.8 Å². The fourth-order valence-corrected chi connectivity index (χ4v) is 1.80. The van der Waals surface area contributed by atoms with E-state index in [0.29, 0.717) is 17.1 Å². The Kier molecular flexibility index (Phi) is 3.91. The molecule has 2 rings (SSSR count). The lowest BCUT2D eigenvalue weighted by atomic mass is 10.1. The number of carbonyl (C=O) groups excluding carboxylic acids is 1. The summed E-state index contributed by atoms with van der Waals surface area (Å²) in [6.07, 6.45) is 3.65. The van der Waals surface area contributed by atoms with E-state index in [1.807, 2.05) is 24.3 Å². The first-order valence-corrected chi connectivity index (χ1v) is 6.12. The molecule has 5 nitrogen and oxygen atoms in total. The Labute approximate surface area is 116 Å². The van der Waals surface area contributed by atoms with Crippen molar-refractivity contribution in [1.82, 2.24) is 9.78 Å². The molecule has 0 aliphatic heterocycles. The van der Waals surface area contributed by atoms with Crippen molar-refractivity contribution in [3.8, 4) is 0 Å². The number of nitrogens with zero attached hydrogens (tertiary/aromatic N) is 2. The van der Waals surface area contributed by atoms with Gasteiger partial charge in [0.2, 0.25) is 5.91 Å². The van der Waals surface area contributed by atoms with Gasteiger partial charge in [-0.15, -0.1) is 0 Å². The molecule has 98 valence electrons. The maximum atomic E-state index is 11.8. The van der Waals surface area contributed by atoms with Gasteiger partial charge in [0.15, 0.2) is 0 Å². The van der Waals surface area contributed by atoms with Crippen LogP contribution in [0.3, 0.4) is 0 Å². The zero-order valence-electron chi connectivity index (χ0n) is 10.5. The van der Waals surface area contributed by atoms with Crippen LogP contribution in [0.25, 0.3) is 0 Å². The van der Waals surface area contributed by atoms with Crippen molar-refractivity contribution in [2.24, 2.45) is 12.8 Å². The summed E-state index contributed by atoms with van der Waals surface area (Å²) in [6, 6.07) is 7.32. The summed E-state index contributed by atoms with van der Waals surface area (Å²) in [4.78, 5) is 12.2. The number of carbonyl (C=O) groups is 1. The summed E-state index contributed by atoms with van der Waals surface area (Å²) in [7, 11) is 1.80. The fourth-order valence-electron chi connectivity index (χ4n) is 1.66. The Hall–Kier alpha value is -2.21. The Morgan fingerprint density at radius 1 is 1.42 bits per heavy atom. The number of rotatable bonds is 4. The number of nitrogens with two attached hydrogens (primary N) is 1. The van der Waals surface area contributed by atoms with Crippen LogP contribution < -0.4 is 11.1 Å². The fraction of sp³-hybridized carbons (Fsp3) is 0.154. The molecule has 0 saturated heterocycles. The van der Waals surface area contributed by atoms with Gasteiger partial charge in [-0.3, -0.25) is 9.48 Å². The van der Waals surface area contributed by atoms with Crippen molar-refractivity contribution in [3.63, 3.8) is 0 Å². The second-order valence-corrected chi connectivity index (χ2v) is 4.63. The van der Waals surface area contributed by atoms with Crippen molar-refractivity contribution in [1.29, 1.82) is 0 Å². The van der Waals surface area contributed by atoms with Gasteiger partial charge < -0.3 is 11.1 Å². The number of aryl methyl sites for hydroxylation is 1. The predicted octanol–water partition coefficient (Wildman–Crippen LogP) is 1.24. The van der Waals surface area contributed by atoms with Gasteiger partial charge in [0.25, 0.3) is 0 Å². The highest BCUT2D eigenvalue weighted by Gasteiger charge is 2.05. The molecule has 0 spiro atoms. The van der Waals surface area contributed by atoms with E-state index in [9.17, 15) is 4.79 Å². The number of aromatic nitrogens is 2. The molecule has 0 radical (unpaired) electrons. The summed E-state index contributed by atoms with van der Waals surface area (Å²) < 4.78 is 1.63. The van der Waals surface area contributed by atoms with Crippen LogP contribution in [0.5, 0.6) is 0 Å². The van der Waals surface area contributed by atoms with E-state index < -0.39 is 0 Å². The van der Waals surface area contributed by atoms with Gasteiger partial charge in [0.1, 0.15) is 4.99 Å². The SMILES string of the molecule is Cn1cc(NC(=O)Cc2ccc(C(N)=S)cc2)cn1. The van der Waals surface area contributed by atoms with Crippen LogP contribution in [0.15, 0.2) is 36.7 Å². The molecule has 6 heteroatoms. The number of thiocarbonyl (C=S) groups is 1. The van der Waals surface area contributed by atoms with Gasteiger partial charge in [0.05, 0.1) is 18.3 Å². The molecule has 0 unspecified atom stereocenters. The number of benzene rings is 1. The first-order valence-electron chi connectivity index (χ1n) is 5.72. The van der Waals surface area contributed by atoms with Crippen LogP contribution in [0.2, 0.25) is 0 Å². The van der Waals surface area contributed by atoms with E-state index >= 15 is 0 Å². The summed E-state index contributed by atoms with van der Waals surface area (Å²) >= 11 is 4.87. The minimum Gasteiger partial charge on any atom is -0.389 e. The van der Waals surface area contributed by atoms with Crippen molar-refractivity contribution >= 4 is 28.8 Å². The lowest BCUT2D eigenvalue weighted by molar-refractivity contribution is -0.115. The van der Waals surface area contributed by atoms with Crippen molar-refractivity contribution in [2.75, 3.05) is 5.32 Å². The molecule has 2 aromatic rings. The molecule has 0 aliphatic carbocycles. The molecular formula is C13H14N4OS. The third-order valence-corrected chi connectivity index (χ3v) is 2.83. The Morgan fingerprint density at radius 2 is 2.11 bits per heavy atom. The average Bonchev–Trinajstić information content (AvgIpc) is 2.75. The van der Waals surface area contributed by atoms with E-state index in [-0.39, 0.29) is 5.91 Å². The van der Waals surface area contributed by atoms with Crippen LogP contribution in [0.1, 0.15) is 11.1 Å². The average molecular weight is 274 g/mol. The van der Waals surface area contributed by atoms with E-state index in [0.717, 1.165) is 11.1 Å². The molecule has 0 fully saturated rings. The smallest absolute Gasteiger partial charge is 0.228 e. The van der Waals surface area contributed by atoms with E-state index in [1.54, 1.807) is 24.1 Å². The van der Waals surface area contributed by atoms with E-state index in [4.69, 9.17) is 18.0 Å². The topological polar surface area (TPSA) is 72.9 Å². The van der Waals surface area contributed by atoms with E-state index in [1.165, 1.54) is 0 Å². The zero-order chi connectivity index (χ0) is 13.8. The maximum Gasteiger partial charge on any atom is 0.228 e. The number of anilines is 1. The molecule has 1 aromatic heterocycles. The lowest BCUT2D eigenvalue weighted by Gasteiger charge is -2.04. The van der Waals surface area contributed by atoms with Gasteiger partial charge in [-0.1, -0.05) is 36.5 Å². The third-order valence-electron chi connectivity index (χ3n) is 2.59. The molecule has 0 atom stereocenters. The predicted molar refractivity (Wildman–Crippen MR) is 77.9 cm³/mol. The molecule has 1 heterocycles. The minimum atomic E-state index is -0.0870. The molecular weight excluding hydrogens is 260 g/mol. The number of nitrogens with one attached hydrogen (secondary N) is 1. The van der Waals surface area contributed by atoms with Crippen molar-refractivity contribution in [2.45, 2.75) is 6.42 Å². The lowest BCUT2D eigenvalue weighted by Crippen LogP contribution is -2.14. The minimum absolute atomic E-state index is 0.0870. The van der Waals surface area contributed by atoms with Gasteiger partial charge in [-0.05, 0) is 5.56 Å². The number of hydrogen-bond donors (Lipinski definition) is 2. The Morgan fingerprint density at radius 3 is 2.63 bits per heavy atom. The van der Waals surface area contributed by atoms with Gasteiger partial charge >= 0.3 is 0 Å². The molecule has 19 heavy (non-hydrogen) atoms.